The van der Waals surface area contributed by atoms with Crippen molar-refractivity contribution in [2.24, 2.45) is 0 Å². The summed E-state index contributed by atoms with van der Waals surface area (Å²) >= 11 is 0. The van der Waals surface area contributed by atoms with Crippen LogP contribution in [0.25, 0.3) is 0 Å². The van der Waals surface area contributed by atoms with E-state index in [9.17, 15) is 14.8 Å². The molecule has 6 nitrogen and oxygen atoms in total. The lowest BCUT2D eigenvalue weighted by molar-refractivity contribution is 0.282. The zero-order valence-electron chi connectivity index (χ0n) is 11.0. The molecule has 0 saturated heterocycles. The van der Waals surface area contributed by atoms with Crippen molar-refractivity contribution in [3.05, 3.63) is 53.6 Å². The van der Waals surface area contributed by atoms with Gasteiger partial charge in [0.25, 0.3) is 0 Å². The smallest absolute Gasteiger partial charge is 0.508 e. The van der Waals surface area contributed by atoms with Crippen molar-refractivity contribution in [3.8, 4) is 17.2 Å². The molecule has 21 heavy (non-hydrogen) atoms. The molecule has 0 atom stereocenters. The molecule has 0 fully saturated rings. The lowest BCUT2D eigenvalue weighted by atomic mass is 10.0. The number of aromatic hydroxyl groups is 2. The molecule has 0 bridgehead atoms. The minimum atomic E-state index is -4.68. The fraction of sp³-hybridized carbons (Fsp3) is 0.143. The van der Waals surface area contributed by atoms with Gasteiger partial charge in [-0.3, -0.25) is 9.79 Å². The molecule has 0 aliphatic carbocycles. The van der Waals surface area contributed by atoms with Crippen LogP contribution in [-0.2, 0) is 17.4 Å². The second kappa shape index (κ2) is 6.18. The molecule has 0 amide bonds. The Morgan fingerprint density at radius 3 is 2.14 bits per heavy atom. The number of phenolic OH excluding ortho intramolecular Hbond substituents is 2. The van der Waals surface area contributed by atoms with Gasteiger partial charge in [0.2, 0.25) is 0 Å². The Bertz CT molecular complexity index is 662. The number of benzene rings is 2. The third-order valence-electron chi connectivity index (χ3n) is 2.89. The molecule has 0 aliphatic rings. The monoisotopic (exact) mass is 310 g/mol. The molecule has 0 heterocycles. The van der Waals surface area contributed by atoms with Crippen molar-refractivity contribution in [2.75, 3.05) is 0 Å². The number of phosphoric acid groups is 1. The van der Waals surface area contributed by atoms with Gasteiger partial charge in [-0.05, 0) is 42.2 Å². The van der Waals surface area contributed by atoms with Crippen LogP contribution in [0.4, 0.5) is 0 Å². The van der Waals surface area contributed by atoms with Gasteiger partial charge in [-0.25, -0.2) is 4.57 Å². The van der Waals surface area contributed by atoms with Gasteiger partial charge < -0.3 is 14.7 Å². The average Bonchev–Trinajstić information content (AvgIpc) is 2.38. The highest BCUT2D eigenvalue weighted by Gasteiger charge is 2.18. The normalized spacial score (nSPS) is 11.3. The van der Waals surface area contributed by atoms with Crippen molar-refractivity contribution in [1.82, 2.24) is 0 Å². The Labute approximate surface area is 121 Å². The first-order valence-corrected chi connectivity index (χ1v) is 7.71. The van der Waals surface area contributed by atoms with E-state index >= 15 is 0 Å². The van der Waals surface area contributed by atoms with Gasteiger partial charge in [-0.2, -0.15) is 0 Å². The van der Waals surface area contributed by atoms with Crippen LogP contribution in [0.3, 0.4) is 0 Å². The van der Waals surface area contributed by atoms with Gasteiger partial charge in [0.1, 0.15) is 17.2 Å². The lowest BCUT2D eigenvalue weighted by Crippen LogP contribution is -1.97. The third-order valence-corrected chi connectivity index (χ3v) is 3.32. The molecule has 0 unspecified atom stereocenters. The Hall–Kier alpha value is -2.01. The SMILES string of the molecule is O=P(O)(O)Oc1cc(O)ccc1CCc1ccc(O)cc1. The van der Waals surface area contributed by atoms with Crippen molar-refractivity contribution < 1.29 is 29.1 Å². The summed E-state index contributed by atoms with van der Waals surface area (Å²) in [5.41, 5.74) is 1.53. The summed E-state index contributed by atoms with van der Waals surface area (Å²) in [5.74, 6) is 0.00264. The highest BCUT2D eigenvalue weighted by molar-refractivity contribution is 7.46. The van der Waals surface area contributed by atoms with E-state index in [2.05, 4.69) is 4.52 Å². The van der Waals surface area contributed by atoms with E-state index < -0.39 is 7.82 Å². The molecule has 0 radical (unpaired) electrons. The first-order valence-electron chi connectivity index (χ1n) is 6.18. The topological polar surface area (TPSA) is 107 Å². The molecule has 2 rings (SSSR count). The third kappa shape index (κ3) is 4.79. The minimum Gasteiger partial charge on any atom is -0.508 e. The number of phosphoric ester groups is 1. The van der Waals surface area contributed by atoms with Crippen molar-refractivity contribution in [2.45, 2.75) is 12.8 Å². The summed E-state index contributed by atoms with van der Waals surface area (Å²) in [6, 6.07) is 10.8. The molecule has 2 aromatic carbocycles. The predicted molar refractivity (Wildman–Crippen MR) is 76.3 cm³/mol. The van der Waals surface area contributed by atoms with Crippen LogP contribution in [0.5, 0.6) is 17.2 Å². The molecule has 0 saturated carbocycles. The maximum Gasteiger partial charge on any atom is 0.524 e. The maximum atomic E-state index is 10.9. The van der Waals surface area contributed by atoms with Crippen LogP contribution in [0.1, 0.15) is 11.1 Å². The highest BCUT2D eigenvalue weighted by atomic mass is 31.2. The van der Waals surface area contributed by atoms with Crippen molar-refractivity contribution >= 4 is 7.82 Å². The first kappa shape index (κ1) is 15.4. The number of aryl methyl sites for hydroxylation is 2. The number of phenols is 2. The van der Waals surface area contributed by atoms with Crippen LogP contribution in [0, 0.1) is 0 Å². The van der Waals surface area contributed by atoms with E-state index in [0.717, 1.165) is 5.56 Å². The van der Waals surface area contributed by atoms with E-state index in [1.165, 1.54) is 12.1 Å². The first-order chi connectivity index (χ1) is 9.83. The molecule has 112 valence electrons. The van der Waals surface area contributed by atoms with Crippen LogP contribution >= 0.6 is 7.82 Å². The zero-order valence-corrected chi connectivity index (χ0v) is 11.9. The standard InChI is InChI=1S/C14H15O6P/c15-12-6-2-10(3-7-12)1-4-11-5-8-13(16)9-14(11)20-21(17,18)19/h2-3,5-9,15-16H,1,4H2,(H2,17,18,19). The van der Waals surface area contributed by atoms with Crippen molar-refractivity contribution in [1.29, 1.82) is 0 Å². The van der Waals surface area contributed by atoms with Gasteiger partial charge in [0.15, 0.2) is 0 Å². The van der Waals surface area contributed by atoms with Gasteiger partial charge in [0.05, 0.1) is 0 Å². The van der Waals surface area contributed by atoms with Gasteiger partial charge in [-0.15, -0.1) is 0 Å². The molecule has 4 N–H and O–H groups in total. The number of hydrogen-bond acceptors (Lipinski definition) is 4. The highest BCUT2D eigenvalue weighted by Crippen LogP contribution is 2.40. The largest absolute Gasteiger partial charge is 0.524 e. The fourth-order valence-corrected chi connectivity index (χ4v) is 2.33. The van der Waals surface area contributed by atoms with E-state index in [0.29, 0.717) is 18.4 Å². The van der Waals surface area contributed by atoms with Gasteiger partial charge in [0, 0.05) is 6.07 Å². The van der Waals surface area contributed by atoms with Crippen LogP contribution in [0.2, 0.25) is 0 Å². The van der Waals surface area contributed by atoms with Gasteiger partial charge >= 0.3 is 7.82 Å². The summed E-state index contributed by atoms with van der Waals surface area (Å²) in [4.78, 5) is 17.8. The second-order valence-electron chi connectivity index (χ2n) is 4.54. The Balaban J connectivity index is 2.15. The Morgan fingerprint density at radius 2 is 1.52 bits per heavy atom. The van der Waals surface area contributed by atoms with E-state index in [4.69, 9.17) is 9.79 Å². The molecular weight excluding hydrogens is 295 g/mol. The summed E-state index contributed by atoms with van der Waals surface area (Å²) < 4.78 is 15.5. The average molecular weight is 310 g/mol. The van der Waals surface area contributed by atoms with Gasteiger partial charge in [-0.1, -0.05) is 18.2 Å². The van der Waals surface area contributed by atoms with E-state index in [-0.39, 0.29) is 17.2 Å². The fourth-order valence-electron chi connectivity index (χ4n) is 1.90. The molecule has 7 heteroatoms. The number of rotatable bonds is 5. The van der Waals surface area contributed by atoms with Crippen LogP contribution in [-0.4, -0.2) is 20.0 Å². The minimum absolute atomic E-state index is 0.0397. The predicted octanol–water partition coefficient (Wildman–Crippen LogP) is 2.35. The lowest BCUT2D eigenvalue weighted by Gasteiger charge is -2.12. The molecule has 0 aromatic heterocycles. The number of hydrogen-bond donors (Lipinski definition) is 4. The molecule has 0 spiro atoms. The van der Waals surface area contributed by atoms with Crippen LogP contribution < -0.4 is 4.52 Å². The van der Waals surface area contributed by atoms with E-state index in [1.54, 1.807) is 30.3 Å². The quantitative estimate of drug-likeness (QED) is 0.632. The Morgan fingerprint density at radius 1 is 0.905 bits per heavy atom. The van der Waals surface area contributed by atoms with Crippen molar-refractivity contribution in [3.63, 3.8) is 0 Å². The summed E-state index contributed by atoms with van der Waals surface area (Å²) in [5, 5.41) is 18.6. The van der Waals surface area contributed by atoms with Crippen LogP contribution in [0.15, 0.2) is 42.5 Å². The summed E-state index contributed by atoms with van der Waals surface area (Å²) in [6.45, 7) is 0. The zero-order chi connectivity index (χ0) is 15.5. The van der Waals surface area contributed by atoms with E-state index in [1.807, 2.05) is 0 Å². The molecule has 0 aliphatic heterocycles. The maximum absolute atomic E-state index is 10.9. The molecular formula is C14H15O6P. The summed E-state index contributed by atoms with van der Waals surface area (Å²) in [7, 11) is -4.68. The second-order valence-corrected chi connectivity index (χ2v) is 5.70. The molecule has 2 aromatic rings. The Kier molecular flexibility index (Phi) is 4.53. The summed E-state index contributed by atoms with van der Waals surface area (Å²) in [6.07, 6.45) is 1.07.